The summed E-state index contributed by atoms with van der Waals surface area (Å²) < 4.78 is 12.1. The Labute approximate surface area is 173 Å². The van der Waals surface area contributed by atoms with Crippen molar-refractivity contribution < 1.29 is 9.47 Å². The molecule has 1 N–H and O–H groups in total. The Morgan fingerprint density at radius 3 is 2.76 bits per heavy atom. The molecule has 0 amide bonds. The van der Waals surface area contributed by atoms with E-state index in [2.05, 4.69) is 53.3 Å². The Bertz CT molecular complexity index is 1010. The van der Waals surface area contributed by atoms with Crippen molar-refractivity contribution in [3.63, 3.8) is 0 Å². The number of nitrogens with one attached hydrogen (secondary N) is 1. The summed E-state index contributed by atoms with van der Waals surface area (Å²) in [5.74, 6) is 1.50. The first kappa shape index (κ1) is 20.7. The number of fused-ring (bicyclic) bond motifs is 1. The van der Waals surface area contributed by atoms with Gasteiger partial charge in [0.1, 0.15) is 12.1 Å². The Balaban J connectivity index is 1.81. The number of allylic oxidation sites excluding steroid dienone is 4. The van der Waals surface area contributed by atoms with Gasteiger partial charge >= 0.3 is 0 Å². The Kier molecular flexibility index (Phi) is 7.51. The number of aromatic nitrogens is 1. The highest BCUT2D eigenvalue weighted by Gasteiger charge is 2.10. The van der Waals surface area contributed by atoms with Gasteiger partial charge in [0.2, 0.25) is 0 Å². The fourth-order valence-electron chi connectivity index (χ4n) is 3.19. The summed E-state index contributed by atoms with van der Waals surface area (Å²) in [7, 11) is 0. The van der Waals surface area contributed by atoms with Crippen LogP contribution in [0.2, 0.25) is 0 Å². The summed E-state index contributed by atoms with van der Waals surface area (Å²) in [5.41, 5.74) is 4.59. The highest BCUT2D eigenvalue weighted by molar-refractivity contribution is 5.33. The van der Waals surface area contributed by atoms with Gasteiger partial charge in [0.15, 0.2) is 11.5 Å². The lowest BCUT2D eigenvalue weighted by molar-refractivity contribution is 0.149. The van der Waals surface area contributed by atoms with Gasteiger partial charge in [-0.2, -0.15) is 0 Å². The predicted molar refractivity (Wildman–Crippen MR) is 118 cm³/mol. The second-order valence-electron chi connectivity index (χ2n) is 6.99. The molecule has 2 heterocycles. The van der Waals surface area contributed by atoms with Crippen LogP contribution in [0.3, 0.4) is 0 Å². The van der Waals surface area contributed by atoms with Crippen LogP contribution in [-0.4, -0.2) is 18.1 Å². The lowest BCUT2D eigenvalue weighted by Crippen LogP contribution is -2.28. The highest BCUT2D eigenvalue weighted by Crippen LogP contribution is 2.18. The molecule has 1 aromatic carbocycles. The van der Waals surface area contributed by atoms with Gasteiger partial charge in [-0.3, -0.25) is 4.99 Å². The molecule has 1 aliphatic heterocycles. The van der Waals surface area contributed by atoms with E-state index >= 15 is 0 Å². The molecule has 4 nitrogen and oxygen atoms in total. The molecule has 0 spiro atoms. The van der Waals surface area contributed by atoms with E-state index in [0.717, 1.165) is 42.0 Å². The molecule has 3 rings (SSSR count). The minimum Gasteiger partial charge on any atom is -0.490 e. The molecule has 1 aliphatic rings. The van der Waals surface area contributed by atoms with Crippen LogP contribution in [0.5, 0.6) is 0 Å². The third kappa shape index (κ3) is 5.74. The van der Waals surface area contributed by atoms with E-state index in [4.69, 9.17) is 9.47 Å². The van der Waals surface area contributed by atoms with Crippen molar-refractivity contribution in [2.24, 2.45) is 4.99 Å². The molecule has 0 aliphatic carbocycles. The van der Waals surface area contributed by atoms with E-state index < -0.39 is 0 Å². The first-order valence-corrected chi connectivity index (χ1v) is 10.3. The SMILES string of the molecule is C\C=C/C=C(OCc1ccc(C)cc1)\C(=C\Cc1c[nH]c2c1=CCCN=2)OCC. The maximum absolute atomic E-state index is 6.15. The molecule has 0 saturated heterocycles. The molecular weight excluding hydrogens is 360 g/mol. The third-order valence-electron chi connectivity index (χ3n) is 4.74. The van der Waals surface area contributed by atoms with Crippen molar-refractivity contribution in [3.8, 4) is 0 Å². The predicted octanol–water partition coefficient (Wildman–Crippen LogP) is 4.27. The fourth-order valence-corrected chi connectivity index (χ4v) is 3.19. The fraction of sp³-hybridized carbons (Fsp3) is 0.320. The van der Waals surface area contributed by atoms with Gasteiger partial charge in [0.05, 0.1) is 6.61 Å². The van der Waals surface area contributed by atoms with Crippen molar-refractivity contribution in [1.29, 1.82) is 0 Å². The molecule has 0 fully saturated rings. The normalized spacial score (nSPS) is 14.3. The number of rotatable bonds is 9. The van der Waals surface area contributed by atoms with Gasteiger partial charge in [0.25, 0.3) is 0 Å². The van der Waals surface area contributed by atoms with Crippen LogP contribution >= 0.6 is 0 Å². The van der Waals surface area contributed by atoms with Crippen molar-refractivity contribution in [2.45, 2.75) is 40.2 Å². The number of aromatic amines is 1. The number of H-pyrrole nitrogens is 1. The summed E-state index contributed by atoms with van der Waals surface area (Å²) in [4.78, 5) is 7.81. The lowest BCUT2D eigenvalue weighted by atomic mass is 10.1. The van der Waals surface area contributed by atoms with E-state index in [-0.39, 0.29) is 0 Å². The van der Waals surface area contributed by atoms with E-state index in [1.165, 1.54) is 16.3 Å². The first-order chi connectivity index (χ1) is 14.2. The largest absolute Gasteiger partial charge is 0.490 e. The van der Waals surface area contributed by atoms with E-state index in [0.29, 0.717) is 13.2 Å². The monoisotopic (exact) mass is 390 g/mol. The zero-order valence-electron chi connectivity index (χ0n) is 17.6. The zero-order valence-corrected chi connectivity index (χ0v) is 17.6. The van der Waals surface area contributed by atoms with Crippen LogP contribution in [0.15, 0.2) is 71.3 Å². The number of ether oxygens (including phenoxy) is 2. The Morgan fingerprint density at radius 2 is 2.00 bits per heavy atom. The molecule has 4 heteroatoms. The summed E-state index contributed by atoms with van der Waals surface area (Å²) in [6, 6.07) is 8.39. The van der Waals surface area contributed by atoms with Crippen LogP contribution < -0.4 is 10.7 Å². The van der Waals surface area contributed by atoms with Crippen LogP contribution in [-0.2, 0) is 22.5 Å². The Hall–Kier alpha value is -3.01. The minimum atomic E-state index is 0.500. The van der Waals surface area contributed by atoms with Crippen molar-refractivity contribution >= 4 is 6.08 Å². The number of benzene rings is 1. The van der Waals surface area contributed by atoms with Gasteiger partial charge in [-0.25, -0.2) is 0 Å². The van der Waals surface area contributed by atoms with Crippen LogP contribution in [0, 0.1) is 6.92 Å². The van der Waals surface area contributed by atoms with Crippen molar-refractivity contribution in [1.82, 2.24) is 4.98 Å². The molecule has 29 heavy (non-hydrogen) atoms. The number of hydrogen-bond donors (Lipinski definition) is 1. The Morgan fingerprint density at radius 1 is 1.17 bits per heavy atom. The number of hydrogen-bond acceptors (Lipinski definition) is 3. The molecule has 0 saturated carbocycles. The maximum Gasteiger partial charge on any atom is 0.161 e. The van der Waals surface area contributed by atoms with Gasteiger partial charge in [-0.15, -0.1) is 0 Å². The first-order valence-electron chi connectivity index (χ1n) is 10.3. The van der Waals surface area contributed by atoms with Crippen LogP contribution in [0.25, 0.3) is 6.08 Å². The second-order valence-corrected chi connectivity index (χ2v) is 6.99. The maximum atomic E-state index is 6.15. The van der Waals surface area contributed by atoms with E-state index in [9.17, 15) is 0 Å². The van der Waals surface area contributed by atoms with Gasteiger partial charge < -0.3 is 14.5 Å². The second kappa shape index (κ2) is 10.5. The molecule has 0 bridgehead atoms. The number of nitrogens with zero attached hydrogens (tertiary/aromatic N) is 1. The molecule has 0 radical (unpaired) electrons. The molecule has 1 aromatic heterocycles. The summed E-state index contributed by atoms with van der Waals surface area (Å²) >= 11 is 0. The molecule has 0 unspecified atom stereocenters. The summed E-state index contributed by atoms with van der Waals surface area (Å²) in [5, 5.41) is 1.21. The van der Waals surface area contributed by atoms with Crippen molar-refractivity contribution in [2.75, 3.05) is 13.2 Å². The lowest BCUT2D eigenvalue weighted by Gasteiger charge is -2.15. The quantitative estimate of drug-likeness (QED) is 0.513. The third-order valence-corrected chi connectivity index (χ3v) is 4.74. The highest BCUT2D eigenvalue weighted by atomic mass is 16.5. The van der Waals surface area contributed by atoms with Crippen molar-refractivity contribution in [3.05, 3.63) is 93.7 Å². The topological polar surface area (TPSA) is 46.6 Å². The van der Waals surface area contributed by atoms with Crippen LogP contribution in [0.4, 0.5) is 0 Å². The molecule has 0 atom stereocenters. The number of aryl methyl sites for hydroxylation is 1. The zero-order chi connectivity index (χ0) is 20.5. The molecule has 152 valence electrons. The smallest absolute Gasteiger partial charge is 0.161 e. The average Bonchev–Trinajstić information content (AvgIpc) is 3.16. The molecule has 2 aromatic rings. The summed E-state index contributed by atoms with van der Waals surface area (Å²) in [6.07, 6.45) is 14.1. The van der Waals surface area contributed by atoms with Gasteiger partial charge in [-0.05, 0) is 56.9 Å². The average molecular weight is 391 g/mol. The standard InChI is InChI=1S/C25H30N2O2/c1-4-6-9-23(29-18-20-12-10-19(3)11-13-20)24(28-5-2)15-14-21-17-27-25-22(21)8-7-16-26-25/h4,6,8-13,15,17H,5,7,14,16,18H2,1-3H3,(H,26,27)/b6-4-,23-9+,24-15-. The molecular formula is C25H30N2O2. The van der Waals surface area contributed by atoms with Gasteiger partial charge in [-0.1, -0.05) is 48.1 Å². The van der Waals surface area contributed by atoms with E-state index in [1.54, 1.807) is 0 Å². The summed E-state index contributed by atoms with van der Waals surface area (Å²) in [6.45, 7) is 8.01. The van der Waals surface area contributed by atoms with Gasteiger partial charge in [0, 0.05) is 18.0 Å². The minimum absolute atomic E-state index is 0.500. The van der Waals surface area contributed by atoms with Crippen LogP contribution in [0.1, 0.15) is 37.0 Å². The van der Waals surface area contributed by atoms with E-state index in [1.807, 2.05) is 38.3 Å².